The van der Waals surface area contributed by atoms with E-state index in [2.05, 4.69) is 17.1 Å². The lowest BCUT2D eigenvalue weighted by atomic mass is 10.2. The van der Waals surface area contributed by atoms with E-state index in [1.54, 1.807) is 48.2 Å². The van der Waals surface area contributed by atoms with Gasteiger partial charge < -0.3 is 0 Å². The zero-order valence-electron chi connectivity index (χ0n) is 12.6. The van der Waals surface area contributed by atoms with Crippen molar-refractivity contribution in [2.75, 3.05) is 5.75 Å². The lowest BCUT2D eigenvalue weighted by Gasteiger charge is -2.05. The molecule has 0 atom stereocenters. The molecule has 0 spiro atoms. The summed E-state index contributed by atoms with van der Waals surface area (Å²) in [5, 5.41) is 9.54. The molecule has 0 aliphatic heterocycles. The minimum absolute atomic E-state index is 0.220. The molecule has 0 aliphatic rings. The number of nitrogens with zero attached hydrogens (tertiary/aromatic N) is 2. The van der Waals surface area contributed by atoms with Gasteiger partial charge in [0.25, 0.3) is 0 Å². The van der Waals surface area contributed by atoms with E-state index in [9.17, 15) is 8.42 Å². The number of halogens is 1. The SMILES string of the molecule is CCSc1nnc(-c2ccc(S(=O)(=O)c3ccc(Cl)cc3)cc2)s1. The number of hydrogen-bond donors (Lipinski definition) is 0. The van der Waals surface area contributed by atoms with E-state index in [4.69, 9.17) is 11.6 Å². The minimum Gasteiger partial charge on any atom is -0.219 e. The molecule has 8 heteroatoms. The van der Waals surface area contributed by atoms with Gasteiger partial charge in [-0.25, -0.2) is 8.42 Å². The molecule has 124 valence electrons. The van der Waals surface area contributed by atoms with Crippen LogP contribution in [-0.2, 0) is 9.84 Å². The predicted molar refractivity (Wildman–Crippen MR) is 98.6 cm³/mol. The van der Waals surface area contributed by atoms with Crippen molar-refractivity contribution < 1.29 is 8.42 Å². The summed E-state index contributed by atoms with van der Waals surface area (Å²) in [7, 11) is -3.55. The lowest BCUT2D eigenvalue weighted by Crippen LogP contribution is -2.01. The Morgan fingerprint density at radius 1 is 1.00 bits per heavy atom. The summed E-state index contributed by atoms with van der Waals surface area (Å²) in [6.07, 6.45) is 0. The highest BCUT2D eigenvalue weighted by molar-refractivity contribution is 8.01. The summed E-state index contributed by atoms with van der Waals surface area (Å²) in [6.45, 7) is 2.06. The molecule has 0 fully saturated rings. The summed E-state index contributed by atoms with van der Waals surface area (Å²) in [5.41, 5.74) is 0.852. The Bertz CT molecular complexity index is 936. The first-order valence-electron chi connectivity index (χ1n) is 7.08. The molecular weight excluding hydrogens is 384 g/mol. The number of benzene rings is 2. The Kier molecular flexibility index (Phi) is 5.24. The number of thioether (sulfide) groups is 1. The van der Waals surface area contributed by atoms with Gasteiger partial charge in [-0.3, -0.25) is 0 Å². The van der Waals surface area contributed by atoms with Crippen molar-refractivity contribution in [2.24, 2.45) is 0 Å². The van der Waals surface area contributed by atoms with Crippen molar-refractivity contribution >= 4 is 44.5 Å². The maximum atomic E-state index is 12.6. The van der Waals surface area contributed by atoms with Gasteiger partial charge in [-0.1, -0.05) is 53.8 Å². The molecule has 0 bridgehead atoms. The van der Waals surface area contributed by atoms with Crippen molar-refractivity contribution in [3.63, 3.8) is 0 Å². The number of rotatable bonds is 5. The van der Waals surface area contributed by atoms with Crippen molar-refractivity contribution in [2.45, 2.75) is 21.1 Å². The third-order valence-electron chi connectivity index (χ3n) is 3.21. The molecule has 0 N–H and O–H groups in total. The van der Waals surface area contributed by atoms with Crippen LogP contribution < -0.4 is 0 Å². The van der Waals surface area contributed by atoms with E-state index in [1.807, 2.05) is 0 Å². The van der Waals surface area contributed by atoms with Gasteiger partial charge in [-0.2, -0.15) is 0 Å². The average molecular weight is 397 g/mol. The maximum absolute atomic E-state index is 12.6. The highest BCUT2D eigenvalue weighted by Crippen LogP contribution is 2.30. The summed E-state index contributed by atoms with van der Waals surface area (Å²) >= 11 is 8.95. The average Bonchev–Trinajstić information content (AvgIpc) is 3.04. The van der Waals surface area contributed by atoms with Crippen molar-refractivity contribution in [1.82, 2.24) is 10.2 Å². The molecule has 1 heterocycles. The van der Waals surface area contributed by atoms with E-state index >= 15 is 0 Å². The molecule has 4 nitrogen and oxygen atoms in total. The fraction of sp³-hybridized carbons (Fsp3) is 0.125. The molecule has 1 aromatic heterocycles. The third kappa shape index (κ3) is 3.64. The molecule has 0 saturated heterocycles. The Morgan fingerprint density at radius 3 is 2.17 bits per heavy atom. The number of aromatic nitrogens is 2. The summed E-state index contributed by atoms with van der Waals surface area (Å²) in [5.74, 6) is 0.937. The second kappa shape index (κ2) is 7.23. The zero-order valence-corrected chi connectivity index (χ0v) is 15.8. The normalized spacial score (nSPS) is 11.6. The predicted octanol–water partition coefficient (Wildman–Crippen LogP) is 4.80. The third-order valence-corrected chi connectivity index (χ3v) is 7.24. The quantitative estimate of drug-likeness (QED) is 0.579. The van der Waals surface area contributed by atoms with Gasteiger partial charge in [0.05, 0.1) is 9.79 Å². The molecule has 2 aromatic carbocycles. The molecule has 3 rings (SSSR count). The van der Waals surface area contributed by atoms with Crippen LogP contribution in [0.5, 0.6) is 0 Å². The molecule has 0 amide bonds. The first-order valence-corrected chi connectivity index (χ1v) is 10.7. The van der Waals surface area contributed by atoms with Crippen LogP contribution >= 0.6 is 34.7 Å². The summed E-state index contributed by atoms with van der Waals surface area (Å²) in [6, 6.07) is 12.8. The lowest BCUT2D eigenvalue weighted by molar-refractivity contribution is 0.596. The Balaban J connectivity index is 1.89. The van der Waals surface area contributed by atoms with Crippen molar-refractivity contribution in [3.05, 3.63) is 53.6 Å². The Labute approximate surface area is 153 Å². The number of hydrogen-bond acceptors (Lipinski definition) is 6. The minimum atomic E-state index is -3.55. The highest BCUT2D eigenvalue weighted by atomic mass is 35.5. The van der Waals surface area contributed by atoms with Crippen LogP contribution in [-0.4, -0.2) is 24.4 Å². The topological polar surface area (TPSA) is 59.9 Å². The van der Waals surface area contributed by atoms with Crippen LogP contribution in [0.15, 0.2) is 62.7 Å². The Hall–Kier alpha value is -1.41. The molecular formula is C16H13ClN2O2S3. The van der Waals surface area contributed by atoms with Crippen LogP contribution in [0, 0.1) is 0 Å². The maximum Gasteiger partial charge on any atom is 0.206 e. The van der Waals surface area contributed by atoms with Gasteiger partial charge in [0.15, 0.2) is 4.34 Å². The first kappa shape index (κ1) is 17.4. The molecule has 24 heavy (non-hydrogen) atoms. The van der Waals surface area contributed by atoms with Crippen LogP contribution in [0.25, 0.3) is 10.6 Å². The van der Waals surface area contributed by atoms with Crippen LogP contribution in [0.3, 0.4) is 0 Å². The monoisotopic (exact) mass is 396 g/mol. The summed E-state index contributed by atoms with van der Waals surface area (Å²) in [4.78, 5) is 0.457. The standard InChI is InChI=1S/C16H13ClN2O2S3/c1-2-22-16-19-18-15(23-16)11-3-7-13(8-4-11)24(20,21)14-9-5-12(17)6-10-14/h3-10H,2H2,1H3. The molecule has 0 unspecified atom stereocenters. The summed E-state index contributed by atoms with van der Waals surface area (Å²) < 4.78 is 26.1. The second-order valence-corrected chi connectivity index (χ2v) is 9.66. The zero-order chi connectivity index (χ0) is 17.2. The molecule has 0 radical (unpaired) electrons. The number of sulfone groups is 1. The Morgan fingerprint density at radius 2 is 1.58 bits per heavy atom. The largest absolute Gasteiger partial charge is 0.219 e. The molecule has 0 aliphatic carbocycles. The molecule has 0 saturated carbocycles. The highest BCUT2D eigenvalue weighted by Gasteiger charge is 2.18. The van der Waals surface area contributed by atoms with E-state index in [-0.39, 0.29) is 9.79 Å². The van der Waals surface area contributed by atoms with Gasteiger partial charge >= 0.3 is 0 Å². The van der Waals surface area contributed by atoms with E-state index < -0.39 is 9.84 Å². The van der Waals surface area contributed by atoms with Crippen molar-refractivity contribution in [1.29, 1.82) is 0 Å². The van der Waals surface area contributed by atoms with Gasteiger partial charge in [-0.05, 0) is 42.2 Å². The van der Waals surface area contributed by atoms with E-state index in [0.717, 1.165) is 20.7 Å². The van der Waals surface area contributed by atoms with E-state index in [1.165, 1.54) is 23.5 Å². The van der Waals surface area contributed by atoms with Gasteiger partial charge in [0.1, 0.15) is 5.01 Å². The van der Waals surface area contributed by atoms with E-state index in [0.29, 0.717) is 5.02 Å². The molecule has 3 aromatic rings. The van der Waals surface area contributed by atoms with Gasteiger partial charge in [-0.15, -0.1) is 10.2 Å². The first-order chi connectivity index (χ1) is 11.5. The van der Waals surface area contributed by atoms with Crippen LogP contribution in [0.4, 0.5) is 0 Å². The fourth-order valence-corrected chi connectivity index (χ4v) is 5.18. The fourth-order valence-electron chi connectivity index (χ4n) is 2.03. The van der Waals surface area contributed by atoms with Gasteiger partial charge in [0.2, 0.25) is 9.84 Å². The van der Waals surface area contributed by atoms with Crippen LogP contribution in [0.2, 0.25) is 5.02 Å². The smallest absolute Gasteiger partial charge is 0.206 e. The van der Waals surface area contributed by atoms with Crippen LogP contribution in [0.1, 0.15) is 6.92 Å². The van der Waals surface area contributed by atoms with Crippen molar-refractivity contribution in [3.8, 4) is 10.6 Å². The second-order valence-electron chi connectivity index (χ2n) is 4.79. The van der Waals surface area contributed by atoms with Gasteiger partial charge in [0, 0.05) is 10.6 Å².